The van der Waals surface area contributed by atoms with Crippen molar-refractivity contribution < 1.29 is 23.9 Å². The van der Waals surface area contributed by atoms with E-state index in [0.717, 1.165) is 4.90 Å². The zero-order valence-corrected chi connectivity index (χ0v) is 15.4. The van der Waals surface area contributed by atoms with Gasteiger partial charge in [-0.3, -0.25) is 19.8 Å². The van der Waals surface area contributed by atoms with Gasteiger partial charge in [-0.05, 0) is 36.0 Å². The monoisotopic (exact) mass is 402 g/mol. The second-order valence-corrected chi connectivity index (χ2v) is 6.06. The van der Waals surface area contributed by atoms with Crippen LogP contribution in [-0.2, 0) is 19.1 Å². The van der Waals surface area contributed by atoms with Crippen LogP contribution in [0.3, 0.4) is 0 Å². The molecule has 0 atom stereocenters. The summed E-state index contributed by atoms with van der Waals surface area (Å²) in [5.41, 5.74) is 0.284. The highest BCUT2D eigenvalue weighted by molar-refractivity contribution is 7.80. The summed E-state index contributed by atoms with van der Waals surface area (Å²) in [4.78, 5) is 36.4. The van der Waals surface area contributed by atoms with Crippen molar-refractivity contribution in [2.45, 2.75) is 0 Å². The molecular formula is C15H12Cl2N2O5S. The Balaban J connectivity index is 2.32. The fourth-order valence-electron chi connectivity index (χ4n) is 1.90. The molecule has 0 radical (unpaired) electrons. The van der Waals surface area contributed by atoms with Crippen molar-refractivity contribution >= 4 is 64.4 Å². The second kappa shape index (κ2) is 7.81. The number of likely N-dealkylation sites (N-methyl/N-ethyl adjacent to an activating group) is 1. The maximum absolute atomic E-state index is 12.2. The first-order valence-corrected chi connectivity index (χ1v) is 7.94. The molecule has 1 aromatic rings. The van der Waals surface area contributed by atoms with Crippen molar-refractivity contribution in [1.82, 2.24) is 10.2 Å². The number of hydrogen-bond donors (Lipinski definition) is 1. The van der Waals surface area contributed by atoms with Gasteiger partial charge in [0, 0.05) is 7.05 Å². The summed E-state index contributed by atoms with van der Waals surface area (Å²) in [6.45, 7) is -0.362. The maximum Gasteiger partial charge on any atom is 0.343 e. The molecule has 1 aliphatic heterocycles. The third-order valence-electron chi connectivity index (χ3n) is 3.20. The molecule has 1 N–H and O–H groups in total. The molecule has 10 heteroatoms. The average molecular weight is 403 g/mol. The molecule has 0 aromatic heterocycles. The number of amides is 2. The van der Waals surface area contributed by atoms with Gasteiger partial charge >= 0.3 is 5.97 Å². The van der Waals surface area contributed by atoms with E-state index < -0.39 is 17.8 Å². The summed E-state index contributed by atoms with van der Waals surface area (Å²) in [6, 6.07) is 2.89. The van der Waals surface area contributed by atoms with E-state index in [1.165, 1.54) is 32.4 Å². The summed E-state index contributed by atoms with van der Waals surface area (Å²) in [5, 5.41) is 2.63. The molecule has 2 amide bonds. The smallest absolute Gasteiger partial charge is 0.343 e. The highest BCUT2D eigenvalue weighted by Crippen LogP contribution is 2.35. The molecule has 2 rings (SSSR count). The van der Waals surface area contributed by atoms with E-state index in [1.807, 2.05) is 0 Å². The fraction of sp³-hybridized carbons (Fsp3) is 0.200. The number of benzene rings is 1. The normalized spacial score (nSPS) is 16.1. The van der Waals surface area contributed by atoms with Crippen LogP contribution in [0.5, 0.6) is 5.75 Å². The molecule has 1 saturated heterocycles. The number of thiocarbonyl (C=S) groups is 1. The van der Waals surface area contributed by atoms with Gasteiger partial charge in [0.1, 0.15) is 5.57 Å². The van der Waals surface area contributed by atoms with Gasteiger partial charge in [0.15, 0.2) is 17.5 Å². The van der Waals surface area contributed by atoms with Gasteiger partial charge in [0.05, 0.1) is 17.2 Å². The van der Waals surface area contributed by atoms with Gasteiger partial charge in [0.2, 0.25) is 0 Å². The quantitative estimate of drug-likeness (QED) is 0.357. The summed E-state index contributed by atoms with van der Waals surface area (Å²) < 4.78 is 9.67. The van der Waals surface area contributed by atoms with Crippen LogP contribution in [0.25, 0.3) is 6.08 Å². The molecule has 1 aromatic carbocycles. The Bertz CT molecular complexity index is 786. The van der Waals surface area contributed by atoms with E-state index >= 15 is 0 Å². The van der Waals surface area contributed by atoms with Crippen LogP contribution < -0.4 is 10.1 Å². The van der Waals surface area contributed by atoms with Crippen LogP contribution in [0, 0.1) is 0 Å². The molecule has 0 aliphatic carbocycles. The van der Waals surface area contributed by atoms with Crippen molar-refractivity contribution in [3.05, 3.63) is 33.3 Å². The Morgan fingerprint density at radius 3 is 2.48 bits per heavy atom. The minimum atomic E-state index is -0.619. The topological polar surface area (TPSA) is 84.9 Å². The first kappa shape index (κ1) is 19.2. The number of rotatable bonds is 4. The predicted molar refractivity (Wildman–Crippen MR) is 95.5 cm³/mol. The van der Waals surface area contributed by atoms with Crippen molar-refractivity contribution in [2.75, 3.05) is 20.8 Å². The van der Waals surface area contributed by atoms with Crippen molar-refractivity contribution in [2.24, 2.45) is 0 Å². The zero-order valence-electron chi connectivity index (χ0n) is 13.1. The minimum Gasteiger partial charge on any atom is -0.479 e. The largest absolute Gasteiger partial charge is 0.479 e. The molecule has 0 bridgehead atoms. The van der Waals surface area contributed by atoms with Gasteiger partial charge in [-0.1, -0.05) is 23.2 Å². The molecule has 0 unspecified atom stereocenters. The summed E-state index contributed by atoms with van der Waals surface area (Å²) in [5.74, 6) is -1.67. The Morgan fingerprint density at radius 1 is 1.32 bits per heavy atom. The number of methoxy groups -OCH3 is 1. The molecule has 1 heterocycles. The van der Waals surface area contributed by atoms with Crippen molar-refractivity contribution in [3.8, 4) is 5.75 Å². The first-order valence-electron chi connectivity index (χ1n) is 6.78. The molecule has 132 valence electrons. The van der Waals surface area contributed by atoms with Crippen molar-refractivity contribution in [3.63, 3.8) is 0 Å². The Kier molecular flexibility index (Phi) is 5.99. The predicted octanol–water partition coefficient (Wildman–Crippen LogP) is 1.80. The van der Waals surface area contributed by atoms with E-state index in [9.17, 15) is 14.4 Å². The highest BCUT2D eigenvalue weighted by atomic mass is 35.5. The molecule has 7 nitrogen and oxygen atoms in total. The lowest BCUT2D eigenvalue weighted by atomic mass is 10.1. The van der Waals surface area contributed by atoms with Crippen LogP contribution in [0.1, 0.15) is 5.56 Å². The lowest BCUT2D eigenvalue weighted by Crippen LogP contribution is -2.52. The van der Waals surface area contributed by atoms with Crippen LogP contribution in [-0.4, -0.2) is 48.6 Å². The summed E-state index contributed by atoms with van der Waals surface area (Å²) in [6.07, 6.45) is 1.33. The van der Waals surface area contributed by atoms with E-state index in [-0.39, 0.29) is 33.1 Å². The van der Waals surface area contributed by atoms with Gasteiger partial charge in [-0.2, -0.15) is 0 Å². The number of halogens is 2. The van der Waals surface area contributed by atoms with E-state index in [2.05, 4.69) is 10.1 Å². The third-order valence-corrected chi connectivity index (χ3v) is 4.14. The average Bonchev–Trinajstić information content (AvgIpc) is 2.55. The minimum absolute atomic E-state index is 0.0229. The summed E-state index contributed by atoms with van der Waals surface area (Å²) >= 11 is 17.1. The molecule has 1 fully saturated rings. The number of nitrogens with zero attached hydrogens (tertiary/aromatic N) is 1. The van der Waals surface area contributed by atoms with Gasteiger partial charge in [-0.15, -0.1) is 0 Å². The van der Waals surface area contributed by atoms with Crippen LogP contribution in [0.2, 0.25) is 10.0 Å². The van der Waals surface area contributed by atoms with Gasteiger partial charge in [0.25, 0.3) is 11.8 Å². The molecular weight excluding hydrogens is 391 g/mol. The third kappa shape index (κ3) is 4.28. The Hall–Kier alpha value is -2.16. The van der Waals surface area contributed by atoms with Gasteiger partial charge in [-0.25, -0.2) is 4.79 Å². The Morgan fingerprint density at radius 2 is 1.92 bits per heavy atom. The number of esters is 1. The van der Waals surface area contributed by atoms with Crippen LogP contribution in [0.15, 0.2) is 17.7 Å². The van der Waals surface area contributed by atoms with Crippen LogP contribution >= 0.6 is 35.4 Å². The number of hydrogen-bond acceptors (Lipinski definition) is 6. The number of nitrogens with one attached hydrogen (secondary N) is 1. The number of ether oxygens (including phenoxy) is 2. The lowest BCUT2D eigenvalue weighted by Gasteiger charge is -2.25. The molecule has 0 saturated carbocycles. The second-order valence-electron chi connectivity index (χ2n) is 4.86. The Labute approximate surface area is 158 Å². The SMILES string of the molecule is COC(=O)COc1c(Cl)cc(/C=C2\C(=O)NC(=S)N(C)C2=O)cc1Cl. The first-order chi connectivity index (χ1) is 11.7. The summed E-state index contributed by atoms with van der Waals surface area (Å²) in [7, 11) is 2.67. The highest BCUT2D eigenvalue weighted by Gasteiger charge is 2.30. The van der Waals surface area contributed by atoms with E-state index in [0.29, 0.717) is 5.56 Å². The number of carbonyl (C=O) groups excluding carboxylic acids is 3. The van der Waals surface area contributed by atoms with E-state index in [1.54, 1.807) is 0 Å². The number of carbonyl (C=O) groups is 3. The zero-order chi connectivity index (χ0) is 18.7. The maximum atomic E-state index is 12.2. The fourth-order valence-corrected chi connectivity index (χ4v) is 2.69. The molecule has 1 aliphatic rings. The lowest BCUT2D eigenvalue weighted by molar-refractivity contribution is -0.143. The molecule has 25 heavy (non-hydrogen) atoms. The molecule has 0 spiro atoms. The van der Waals surface area contributed by atoms with Gasteiger partial charge < -0.3 is 9.47 Å². The standard InChI is InChI=1S/C15H12Cl2N2O5S/c1-19-14(22)8(13(21)18-15(19)25)3-7-4-9(16)12(10(17)5-7)24-6-11(20)23-2/h3-5H,6H2,1-2H3,(H,18,21,25)/b8-3+. The van der Waals surface area contributed by atoms with E-state index in [4.69, 9.17) is 40.2 Å². The van der Waals surface area contributed by atoms with Crippen LogP contribution in [0.4, 0.5) is 0 Å². The van der Waals surface area contributed by atoms with Crippen molar-refractivity contribution in [1.29, 1.82) is 0 Å².